The molecule has 2 heterocycles. The van der Waals surface area contributed by atoms with Gasteiger partial charge in [-0.3, -0.25) is 24.1 Å². The van der Waals surface area contributed by atoms with Crippen molar-refractivity contribution in [2.45, 2.75) is 24.2 Å². The molecule has 4 rings (SSSR count). The molecule has 0 N–H and O–H groups in total. The van der Waals surface area contributed by atoms with Gasteiger partial charge in [0.15, 0.2) is 0 Å². The van der Waals surface area contributed by atoms with E-state index in [-0.39, 0.29) is 60.2 Å². The van der Waals surface area contributed by atoms with Gasteiger partial charge in [0.25, 0.3) is 15.9 Å². The first-order valence-corrected chi connectivity index (χ1v) is 11.1. The van der Waals surface area contributed by atoms with Gasteiger partial charge in [-0.1, -0.05) is 24.3 Å². The summed E-state index contributed by atoms with van der Waals surface area (Å²) in [5, 5.41) is 0. The molecule has 30 heavy (non-hydrogen) atoms. The van der Waals surface area contributed by atoms with E-state index in [4.69, 9.17) is 4.74 Å². The number of rotatable bonds is 6. The lowest BCUT2D eigenvalue weighted by atomic mass is 9.85. The van der Waals surface area contributed by atoms with E-state index in [1.165, 1.54) is 18.2 Å². The number of esters is 1. The smallest absolute Gasteiger partial charge is 0.307 e. The molecule has 0 radical (unpaired) electrons. The summed E-state index contributed by atoms with van der Waals surface area (Å²) in [6, 6.07) is 5.88. The molecule has 2 unspecified atom stereocenters. The van der Waals surface area contributed by atoms with Crippen molar-refractivity contribution < 1.29 is 32.3 Å². The SMILES string of the molecule is O=C(CCN1C(=O)C2CC=CCC2C1=O)OCCN1C(=O)c2ccccc2S1(=O)=O. The predicted molar refractivity (Wildman–Crippen MR) is 102 cm³/mol. The number of benzene rings is 1. The molecule has 2 aliphatic heterocycles. The molecule has 1 aromatic carbocycles. The Morgan fingerprint density at radius 2 is 1.63 bits per heavy atom. The molecule has 3 aliphatic rings. The third-order valence-corrected chi connectivity index (χ3v) is 7.45. The minimum Gasteiger partial charge on any atom is -0.464 e. The summed E-state index contributed by atoms with van der Waals surface area (Å²) < 4.78 is 30.6. The lowest BCUT2D eigenvalue weighted by molar-refractivity contribution is -0.145. The third-order valence-electron chi connectivity index (χ3n) is 5.61. The maximum absolute atomic E-state index is 12.4. The second-order valence-corrected chi connectivity index (χ2v) is 9.16. The van der Waals surface area contributed by atoms with Crippen LogP contribution in [0, 0.1) is 11.8 Å². The highest BCUT2D eigenvalue weighted by Gasteiger charge is 2.47. The molecule has 1 aromatic rings. The second-order valence-electron chi connectivity index (χ2n) is 7.33. The summed E-state index contributed by atoms with van der Waals surface area (Å²) >= 11 is 0. The van der Waals surface area contributed by atoms with Gasteiger partial charge in [-0.05, 0) is 25.0 Å². The number of sulfonamides is 1. The van der Waals surface area contributed by atoms with Gasteiger partial charge < -0.3 is 4.74 Å². The Balaban J connectivity index is 1.28. The maximum Gasteiger partial charge on any atom is 0.307 e. The van der Waals surface area contributed by atoms with Crippen LogP contribution in [0.1, 0.15) is 29.6 Å². The zero-order valence-corrected chi connectivity index (χ0v) is 16.8. The van der Waals surface area contributed by atoms with E-state index >= 15 is 0 Å². The molecule has 2 atom stereocenters. The quantitative estimate of drug-likeness (QED) is 0.369. The topological polar surface area (TPSA) is 118 Å². The van der Waals surface area contributed by atoms with Gasteiger partial charge in [0, 0.05) is 6.54 Å². The number of hydrogen-bond acceptors (Lipinski definition) is 7. The second kappa shape index (κ2) is 7.67. The van der Waals surface area contributed by atoms with Crippen LogP contribution in [0.15, 0.2) is 41.3 Å². The molecule has 158 valence electrons. The molecule has 0 aromatic heterocycles. The Labute approximate surface area is 173 Å². The van der Waals surface area contributed by atoms with Gasteiger partial charge in [-0.25, -0.2) is 12.7 Å². The number of carbonyl (C=O) groups is 4. The van der Waals surface area contributed by atoms with Crippen LogP contribution in [-0.4, -0.2) is 61.0 Å². The Bertz CT molecular complexity index is 1040. The van der Waals surface area contributed by atoms with E-state index in [1.807, 2.05) is 12.2 Å². The van der Waals surface area contributed by atoms with Crippen LogP contribution < -0.4 is 0 Å². The van der Waals surface area contributed by atoms with Gasteiger partial charge in [0.05, 0.1) is 30.4 Å². The number of ether oxygens (including phenoxy) is 1. The van der Waals surface area contributed by atoms with Gasteiger partial charge in [-0.2, -0.15) is 0 Å². The van der Waals surface area contributed by atoms with Crippen molar-refractivity contribution in [2.75, 3.05) is 19.7 Å². The number of nitrogens with zero attached hydrogens (tertiary/aromatic N) is 2. The molecular formula is C20H20N2O7S. The molecule has 0 saturated carbocycles. The van der Waals surface area contributed by atoms with Crippen molar-refractivity contribution >= 4 is 33.7 Å². The van der Waals surface area contributed by atoms with E-state index in [0.29, 0.717) is 17.1 Å². The lowest BCUT2D eigenvalue weighted by Gasteiger charge is -2.16. The Morgan fingerprint density at radius 3 is 2.27 bits per heavy atom. The summed E-state index contributed by atoms with van der Waals surface area (Å²) in [5.74, 6) is -2.59. The Morgan fingerprint density at radius 1 is 1.00 bits per heavy atom. The third kappa shape index (κ3) is 3.30. The fourth-order valence-corrected chi connectivity index (χ4v) is 5.61. The fourth-order valence-electron chi connectivity index (χ4n) is 4.06. The van der Waals surface area contributed by atoms with Crippen molar-refractivity contribution in [3.8, 4) is 0 Å². The molecule has 9 nitrogen and oxygen atoms in total. The van der Waals surface area contributed by atoms with Crippen molar-refractivity contribution in [3.05, 3.63) is 42.0 Å². The van der Waals surface area contributed by atoms with Crippen molar-refractivity contribution in [1.29, 1.82) is 0 Å². The number of allylic oxidation sites excluding steroid dienone is 2. The zero-order valence-electron chi connectivity index (χ0n) is 16.0. The summed E-state index contributed by atoms with van der Waals surface area (Å²) in [7, 11) is -3.96. The molecule has 3 amide bonds. The van der Waals surface area contributed by atoms with Crippen LogP contribution in [0.25, 0.3) is 0 Å². The standard InChI is InChI=1S/C20H20N2O7S/c23-17(9-10-21-18(24)13-5-1-2-6-14(13)19(21)25)29-12-11-22-20(26)15-7-3-4-8-16(15)30(22,27)28/h1-4,7-8,13-14H,5-6,9-12H2. The van der Waals surface area contributed by atoms with E-state index in [1.54, 1.807) is 6.07 Å². The van der Waals surface area contributed by atoms with Crippen LogP contribution in [0.5, 0.6) is 0 Å². The molecule has 1 saturated heterocycles. The molecule has 10 heteroatoms. The highest BCUT2D eigenvalue weighted by molar-refractivity contribution is 7.90. The van der Waals surface area contributed by atoms with Gasteiger partial charge in [0.2, 0.25) is 11.8 Å². The van der Waals surface area contributed by atoms with Gasteiger partial charge in [-0.15, -0.1) is 0 Å². The van der Waals surface area contributed by atoms with Gasteiger partial charge >= 0.3 is 5.97 Å². The van der Waals surface area contributed by atoms with E-state index in [2.05, 4.69) is 0 Å². The number of carbonyl (C=O) groups excluding carboxylic acids is 4. The monoisotopic (exact) mass is 432 g/mol. The van der Waals surface area contributed by atoms with Crippen molar-refractivity contribution in [3.63, 3.8) is 0 Å². The number of hydrogen-bond donors (Lipinski definition) is 0. The number of imide groups is 1. The number of fused-ring (bicyclic) bond motifs is 2. The summed E-state index contributed by atoms with van der Waals surface area (Å²) in [4.78, 5) is 50.1. The van der Waals surface area contributed by atoms with Crippen molar-refractivity contribution in [1.82, 2.24) is 9.21 Å². The normalized spacial score (nSPS) is 24.2. The Kier molecular flexibility index (Phi) is 5.19. The van der Waals surface area contributed by atoms with Crippen LogP contribution in [-0.2, 0) is 29.1 Å². The number of likely N-dealkylation sites (tertiary alicyclic amines) is 1. The number of amides is 3. The average molecular weight is 432 g/mol. The minimum atomic E-state index is -3.96. The van der Waals surface area contributed by atoms with Crippen molar-refractivity contribution in [2.24, 2.45) is 11.8 Å². The maximum atomic E-state index is 12.4. The van der Waals surface area contributed by atoms with Crippen LogP contribution >= 0.6 is 0 Å². The first kappa shape index (κ1) is 20.3. The fraction of sp³-hybridized carbons (Fsp3) is 0.400. The molecule has 0 spiro atoms. The molecule has 1 aliphatic carbocycles. The van der Waals surface area contributed by atoms with Crippen LogP contribution in [0.2, 0.25) is 0 Å². The summed E-state index contributed by atoms with van der Waals surface area (Å²) in [6.07, 6.45) is 4.63. The first-order chi connectivity index (χ1) is 14.3. The van der Waals surface area contributed by atoms with E-state index in [9.17, 15) is 27.6 Å². The zero-order chi connectivity index (χ0) is 21.5. The highest BCUT2D eigenvalue weighted by Crippen LogP contribution is 2.35. The summed E-state index contributed by atoms with van der Waals surface area (Å²) in [6.45, 7) is -0.691. The van der Waals surface area contributed by atoms with Gasteiger partial charge in [0.1, 0.15) is 11.5 Å². The predicted octanol–water partition coefficient (Wildman–Crippen LogP) is 0.716. The Hall–Kier alpha value is -3.01. The van der Waals surface area contributed by atoms with Crippen LogP contribution in [0.3, 0.4) is 0 Å². The van der Waals surface area contributed by atoms with E-state index in [0.717, 1.165) is 4.90 Å². The first-order valence-electron chi connectivity index (χ1n) is 9.64. The van der Waals surface area contributed by atoms with Crippen LogP contribution in [0.4, 0.5) is 0 Å². The molecular weight excluding hydrogens is 412 g/mol. The highest BCUT2D eigenvalue weighted by atomic mass is 32.2. The largest absolute Gasteiger partial charge is 0.464 e. The molecule has 1 fully saturated rings. The minimum absolute atomic E-state index is 0.0664. The average Bonchev–Trinajstić information content (AvgIpc) is 3.10. The van der Waals surface area contributed by atoms with E-state index < -0.39 is 21.9 Å². The molecule has 0 bridgehead atoms. The summed E-state index contributed by atoms with van der Waals surface area (Å²) in [5.41, 5.74) is 0.0887. The lowest BCUT2D eigenvalue weighted by Crippen LogP contribution is -2.35.